The Kier molecular flexibility index (Phi) is 9.44. The molecule has 8 nitrogen and oxygen atoms in total. The van der Waals surface area contributed by atoms with Gasteiger partial charge in [0.25, 0.3) is 0 Å². The second-order valence-corrected chi connectivity index (χ2v) is 7.00. The number of urea groups is 1. The number of nitrogens with two attached hydrogens (primary N) is 1. The molecule has 0 saturated heterocycles. The van der Waals surface area contributed by atoms with Crippen molar-refractivity contribution in [3.8, 4) is 0 Å². The van der Waals surface area contributed by atoms with Crippen molar-refractivity contribution in [3.63, 3.8) is 0 Å². The molecule has 2 atom stereocenters. The van der Waals surface area contributed by atoms with E-state index >= 15 is 0 Å². The number of benzene rings is 1. The van der Waals surface area contributed by atoms with Crippen LogP contribution in [-0.4, -0.2) is 48.4 Å². The lowest BCUT2D eigenvalue weighted by atomic mass is 10.1. The van der Waals surface area contributed by atoms with Gasteiger partial charge in [0.1, 0.15) is 0 Å². The molecule has 1 aromatic rings. The minimum absolute atomic E-state index is 0.00252. The highest BCUT2D eigenvalue weighted by Crippen LogP contribution is 2.16. The van der Waals surface area contributed by atoms with Gasteiger partial charge in [-0.15, -0.1) is 0 Å². The van der Waals surface area contributed by atoms with Crippen molar-refractivity contribution in [2.75, 3.05) is 25.0 Å². The molecule has 0 aliphatic heterocycles. The topological polar surface area (TPSA) is 117 Å². The molecule has 8 heteroatoms. The second-order valence-electron chi connectivity index (χ2n) is 7.00. The summed E-state index contributed by atoms with van der Waals surface area (Å²) in [6.45, 7) is 10.6. The average Bonchev–Trinajstić information content (AvgIpc) is 2.66. The van der Waals surface area contributed by atoms with Crippen LogP contribution in [0.15, 0.2) is 24.3 Å². The Hall–Kier alpha value is -2.61. The highest BCUT2D eigenvalue weighted by atomic mass is 16.2. The minimum atomic E-state index is -0.635. The summed E-state index contributed by atoms with van der Waals surface area (Å²) in [6, 6.07) is 6.26. The molecule has 1 unspecified atom stereocenters. The van der Waals surface area contributed by atoms with Crippen LogP contribution in [0.2, 0.25) is 0 Å². The third-order valence-corrected chi connectivity index (χ3v) is 4.53. The van der Waals surface area contributed by atoms with Gasteiger partial charge < -0.3 is 26.6 Å². The fraction of sp³-hybridized carbons (Fsp3) is 0.550. The monoisotopic (exact) mass is 391 g/mol. The van der Waals surface area contributed by atoms with E-state index in [1.807, 2.05) is 46.8 Å². The van der Waals surface area contributed by atoms with E-state index in [0.717, 1.165) is 5.56 Å². The number of nitrogens with one attached hydrogen (secondary N) is 3. The lowest BCUT2D eigenvalue weighted by Gasteiger charge is -2.20. The van der Waals surface area contributed by atoms with Crippen molar-refractivity contribution in [3.05, 3.63) is 29.8 Å². The molecule has 0 aromatic heterocycles. The summed E-state index contributed by atoms with van der Waals surface area (Å²) in [5.41, 5.74) is 7.32. The van der Waals surface area contributed by atoms with Gasteiger partial charge in [-0.25, -0.2) is 4.79 Å². The van der Waals surface area contributed by atoms with Crippen LogP contribution in [0, 0.1) is 5.92 Å². The zero-order valence-electron chi connectivity index (χ0n) is 17.4. The maximum atomic E-state index is 12.1. The fourth-order valence-electron chi connectivity index (χ4n) is 2.53. The molecule has 0 fully saturated rings. The highest BCUT2D eigenvalue weighted by molar-refractivity contribution is 5.89. The van der Waals surface area contributed by atoms with Gasteiger partial charge >= 0.3 is 6.03 Å². The maximum Gasteiger partial charge on any atom is 0.321 e. The maximum absolute atomic E-state index is 12.1. The number of rotatable bonds is 9. The van der Waals surface area contributed by atoms with E-state index in [2.05, 4.69) is 16.0 Å². The molecule has 28 heavy (non-hydrogen) atoms. The van der Waals surface area contributed by atoms with Crippen LogP contribution in [0.4, 0.5) is 10.5 Å². The minimum Gasteiger partial charge on any atom is -0.348 e. The largest absolute Gasteiger partial charge is 0.348 e. The van der Waals surface area contributed by atoms with E-state index in [9.17, 15) is 14.4 Å². The van der Waals surface area contributed by atoms with Crippen molar-refractivity contribution in [1.29, 1.82) is 0 Å². The predicted molar refractivity (Wildman–Crippen MR) is 111 cm³/mol. The summed E-state index contributed by atoms with van der Waals surface area (Å²) >= 11 is 0. The molecule has 1 aromatic carbocycles. The first-order valence-corrected chi connectivity index (χ1v) is 9.68. The summed E-state index contributed by atoms with van der Waals surface area (Å²) in [4.78, 5) is 37.6. The summed E-state index contributed by atoms with van der Waals surface area (Å²) in [5.74, 6) is -0.635. The molecule has 0 saturated carbocycles. The Balaban J connectivity index is 2.54. The quantitative estimate of drug-likeness (QED) is 0.514. The van der Waals surface area contributed by atoms with Crippen molar-refractivity contribution >= 4 is 23.5 Å². The summed E-state index contributed by atoms with van der Waals surface area (Å²) in [5, 5.41) is 8.21. The summed E-state index contributed by atoms with van der Waals surface area (Å²) in [6.07, 6.45) is 0. The van der Waals surface area contributed by atoms with Crippen LogP contribution in [0.1, 0.15) is 46.2 Å². The van der Waals surface area contributed by atoms with E-state index < -0.39 is 6.04 Å². The van der Waals surface area contributed by atoms with Gasteiger partial charge in [-0.3, -0.25) is 9.59 Å². The number of carbonyl (C=O) groups is 3. The summed E-state index contributed by atoms with van der Waals surface area (Å²) in [7, 11) is 0. The number of anilines is 1. The average molecular weight is 392 g/mol. The Morgan fingerprint density at radius 2 is 1.61 bits per heavy atom. The van der Waals surface area contributed by atoms with Gasteiger partial charge in [-0.05, 0) is 44.4 Å². The molecule has 0 radical (unpaired) electrons. The second kappa shape index (κ2) is 11.3. The number of amides is 4. The number of hydrogen-bond acceptors (Lipinski definition) is 4. The van der Waals surface area contributed by atoms with E-state index in [-0.39, 0.29) is 36.3 Å². The van der Waals surface area contributed by atoms with Crippen molar-refractivity contribution in [1.82, 2.24) is 15.5 Å². The fourth-order valence-corrected chi connectivity index (χ4v) is 2.53. The van der Waals surface area contributed by atoms with Gasteiger partial charge in [0.05, 0.1) is 18.6 Å². The summed E-state index contributed by atoms with van der Waals surface area (Å²) < 4.78 is 0. The first kappa shape index (κ1) is 23.4. The molecule has 0 spiro atoms. The lowest BCUT2D eigenvalue weighted by Crippen LogP contribution is -2.47. The molecular weight excluding hydrogens is 358 g/mol. The molecule has 0 heterocycles. The number of hydrogen-bond donors (Lipinski definition) is 4. The Morgan fingerprint density at radius 3 is 2.11 bits per heavy atom. The lowest BCUT2D eigenvalue weighted by molar-refractivity contribution is -0.127. The van der Waals surface area contributed by atoms with Gasteiger partial charge in [0.15, 0.2) is 0 Å². The number of nitrogens with zero attached hydrogens (tertiary/aromatic N) is 1. The normalized spacial score (nSPS) is 12.8. The van der Waals surface area contributed by atoms with Crippen molar-refractivity contribution < 1.29 is 14.4 Å². The van der Waals surface area contributed by atoms with E-state index in [0.29, 0.717) is 18.8 Å². The smallest absolute Gasteiger partial charge is 0.321 e. The van der Waals surface area contributed by atoms with Crippen molar-refractivity contribution in [2.24, 2.45) is 11.7 Å². The number of carbonyl (C=O) groups excluding carboxylic acids is 3. The third-order valence-electron chi connectivity index (χ3n) is 4.53. The van der Waals surface area contributed by atoms with Gasteiger partial charge in [-0.1, -0.05) is 26.0 Å². The SMILES string of the molecule is CCN(CC)C(=O)Nc1ccc(C(C)NC(=O)CNC(=O)[C@@H](N)C(C)C)cc1. The molecule has 1 rings (SSSR count). The Labute approximate surface area is 167 Å². The van der Waals surface area contributed by atoms with Crippen LogP contribution in [-0.2, 0) is 9.59 Å². The van der Waals surface area contributed by atoms with E-state index in [1.54, 1.807) is 17.0 Å². The first-order chi connectivity index (χ1) is 13.2. The molecule has 0 aliphatic carbocycles. The van der Waals surface area contributed by atoms with Crippen LogP contribution in [0.5, 0.6) is 0 Å². The molecule has 0 aliphatic rings. The third kappa shape index (κ3) is 7.19. The van der Waals surface area contributed by atoms with Gasteiger partial charge in [0.2, 0.25) is 11.8 Å². The van der Waals surface area contributed by atoms with Crippen LogP contribution >= 0.6 is 0 Å². The molecule has 0 bridgehead atoms. The molecule has 5 N–H and O–H groups in total. The molecular formula is C20H33N5O3. The van der Waals surface area contributed by atoms with E-state index in [1.165, 1.54) is 0 Å². The standard InChI is InChI=1S/C20H33N5O3/c1-6-25(7-2)20(28)24-16-10-8-15(9-11-16)14(5)23-17(26)12-22-19(27)18(21)13(3)4/h8-11,13-14,18H,6-7,12,21H2,1-5H3,(H,22,27)(H,23,26)(H,24,28)/t14?,18-/m0/s1. The molecule has 4 amide bonds. The first-order valence-electron chi connectivity index (χ1n) is 9.68. The Morgan fingerprint density at radius 1 is 1.04 bits per heavy atom. The van der Waals surface area contributed by atoms with Crippen LogP contribution < -0.4 is 21.7 Å². The van der Waals surface area contributed by atoms with Crippen LogP contribution in [0.25, 0.3) is 0 Å². The van der Waals surface area contributed by atoms with E-state index in [4.69, 9.17) is 5.73 Å². The highest BCUT2D eigenvalue weighted by Gasteiger charge is 2.18. The Bertz CT molecular complexity index is 656. The predicted octanol–water partition coefficient (Wildman–Crippen LogP) is 1.84. The zero-order chi connectivity index (χ0) is 21.3. The van der Waals surface area contributed by atoms with Crippen LogP contribution in [0.3, 0.4) is 0 Å². The van der Waals surface area contributed by atoms with Crippen molar-refractivity contribution in [2.45, 2.75) is 46.7 Å². The van der Waals surface area contributed by atoms with Gasteiger partial charge in [-0.2, -0.15) is 0 Å². The van der Waals surface area contributed by atoms with Gasteiger partial charge in [0, 0.05) is 18.8 Å². The zero-order valence-corrected chi connectivity index (χ0v) is 17.4. The molecule has 156 valence electrons.